The molecule has 1 unspecified atom stereocenters. The first-order valence-electron chi connectivity index (χ1n) is 7.85. The summed E-state index contributed by atoms with van der Waals surface area (Å²) in [6.45, 7) is 1.77. The van der Waals surface area contributed by atoms with E-state index in [2.05, 4.69) is 16.0 Å². The van der Waals surface area contributed by atoms with Crippen LogP contribution in [0.4, 0.5) is 11.4 Å². The number of hydrogen-bond donors (Lipinski definition) is 3. The maximum Gasteiger partial charge on any atom is 0.271 e. The van der Waals surface area contributed by atoms with Crippen LogP contribution in [0.25, 0.3) is 0 Å². The van der Waals surface area contributed by atoms with Crippen LogP contribution in [0, 0.1) is 10.1 Å². The molecule has 0 radical (unpaired) electrons. The van der Waals surface area contributed by atoms with E-state index in [1.165, 1.54) is 18.2 Å². The highest BCUT2D eigenvalue weighted by atomic mass is 32.1. The van der Waals surface area contributed by atoms with Gasteiger partial charge < -0.3 is 16.0 Å². The smallest absolute Gasteiger partial charge is 0.271 e. The van der Waals surface area contributed by atoms with Crippen molar-refractivity contribution in [2.45, 2.75) is 13.0 Å². The van der Waals surface area contributed by atoms with E-state index in [0.29, 0.717) is 22.1 Å². The molecule has 1 atom stereocenters. The minimum Gasteiger partial charge on any atom is -0.351 e. The van der Waals surface area contributed by atoms with Crippen molar-refractivity contribution in [1.29, 1.82) is 0 Å². The highest BCUT2D eigenvalue weighted by Gasteiger charge is 2.29. The lowest BCUT2D eigenvalue weighted by Crippen LogP contribution is -2.45. The van der Waals surface area contributed by atoms with Gasteiger partial charge in [0.1, 0.15) is 0 Å². The minimum absolute atomic E-state index is 0.0887. The van der Waals surface area contributed by atoms with Gasteiger partial charge in [0.25, 0.3) is 11.6 Å². The first-order valence-corrected chi connectivity index (χ1v) is 8.25. The maximum atomic E-state index is 12.9. The van der Waals surface area contributed by atoms with Gasteiger partial charge in [0.05, 0.1) is 16.5 Å². The number of carbonyl (C=O) groups is 1. The predicted molar refractivity (Wildman–Crippen MR) is 102 cm³/mol. The lowest BCUT2D eigenvalue weighted by Gasteiger charge is -2.30. The topological polar surface area (TPSA) is 96.3 Å². The Balaban J connectivity index is 1.92. The van der Waals surface area contributed by atoms with Crippen molar-refractivity contribution < 1.29 is 9.72 Å². The van der Waals surface area contributed by atoms with Crippen molar-refractivity contribution in [2.24, 2.45) is 0 Å². The molecular weight excluding hydrogens is 352 g/mol. The Labute approximate surface area is 155 Å². The second-order valence-corrected chi connectivity index (χ2v) is 6.15. The zero-order chi connectivity index (χ0) is 18.7. The monoisotopic (exact) mass is 368 g/mol. The molecule has 1 amide bonds. The van der Waals surface area contributed by atoms with E-state index < -0.39 is 11.0 Å². The third kappa shape index (κ3) is 3.70. The fourth-order valence-electron chi connectivity index (χ4n) is 2.79. The zero-order valence-corrected chi connectivity index (χ0v) is 14.7. The minimum atomic E-state index is -0.505. The summed E-state index contributed by atoms with van der Waals surface area (Å²) in [5, 5.41) is 20.1. The van der Waals surface area contributed by atoms with Crippen molar-refractivity contribution in [3.63, 3.8) is 0 Å². The average molecular weight is 368 g/mol. The molecule has 8 heteroatoms. The Morgan fingerprint density at radius 3 is 2.62 bits per heavy atom. The molecule has 0 saturated carbocycles. The largest absolute Gasteiger partial charge is 0.351 e. The van der Waals surface area contributed by atoms with Crippen LogP contribution in [0.5, 0.6) is 0 Å². The number of amides is 1. The van der Waals surface area contributed by atoms with E-state index in [-0.39, 0.29) is 11.6 Å². The molecule has 3 N–H and O–H groups in total. The molecule has 0 aromatic heterocycles. The van der Waals surface area contributed by atoms with Crippen LogP contribution in [-0.4, -0.2) is 15.9 Å². The number of hydrogen-bond acceptors (Lipinski definition) is 4. The number of nitro benzene ring substituents is 1. The average Bonchev–Trinajstić information content (AvgIpc) is 2.61. The number of thiocarbonyl (C=S) groups is 1. The van der Waals surface area contributed by atoms with Crippen LogP contribution >= 0.6 is 12.2 Å². The van der Waals surface area contributed by atoms with E-state index in [1.54, 1.807) is 13.0 Å². The Morgan fingerprint density at radius 2 is 1.92 bits per heavy atom. The number of allylic oxidation sites excluding steroid dienone is 1. The van der Waals surface area contributed by atoms with Crippen molar-refractivity contribution in [2.75, 3.05) is 5.32 Å². The summed E-state index contributed by atoms with van der Waals surface area (Å²) in [5.74, 6) is -0.362. The Hall–Kier alpha value is -3.26. The van der Waals surface area contributed by atoms with Gasteiger partial charge in [-0.3, -0.25) is 14.9 Å². The van der Waals surface area contributed by atoms with E-state index in [0.717, 1.165) is 5.56 Å². The Kier molecular flexibility index (Phi) is 4.94. The second kappa shape index (κ2) is 7.32. The standard InChI is InChI=1S/C18H16N4O3S/c1-11-15(16(21-18(26)19-11)12-6-3-2-4-7-12)17(23)20-13-8-5-9-14(10-13)22(24)25/h2-10,16H,1H3,(H,20,23)(H2,19,21,26). The summed E-state index contributed by atoms with van der Waals surface area (Å²) < 4.78 is 0. The number of anilines is 1. The molecular formula is C18H16N4O3S. The summed E-state index contributed by atoms with van der Waals surface area (Å²) in [4.78, 5) is 23.3. The van der Waals surface area contributed by atoms with Crippen LogP contribution < -0.4 is 16.0 Å². The van der Waals surface area contributed by atoms with Gasteiger partial charge in [-0.1, -0.05) is 36.4 Å². The van der Waals surface area contributed by atoms with Gasteiger partial charge in [-0.15, -0.1) is 0 Å². The van der Waals surface area contributed by atoms with Crippen LogP contribution in [0.2, 0.25) is 0 Å². The molecule has 2 aromatic rings. The molecule has 1 heterocycles. The second-order valence-electron chi connectivity index (χ2n) is 5.74. The fourth-order valence-corrected chi connectivity index (χ4v) is 3.06. The number of benzene rings is 2. The van der Waals surface area contributed by atoms with Crippen LogP contribution in [0.15, 0.2) is 65.9 Å². The molecule has 0 saturated heterocycles. The SMILES string of the molecule is CC1=C(C(=O)Nc2cccc([N+](=O)[O-])c2)C(c2ccccc2)NC(=S)N1. The van der Waals surface area contributed by atoms with Crippen LogP contribution in [-0.2, 0) is 4.79 Å². The van der Waals surface area contributed by atoms with E-state index in [9.17, 15) is 14.9 Å². The van der Waals surface area contributed by atoms with Crippen molar-refractivity contribution in [3.8, 4) is 0 Å². The number of nitrogens with one attached hydrogen (secondary N) is 3. The maximum absolute atomic E-state index is 12.9. The van der Waals surface area contributed by atoms with Crippen molar-refractivity contribution in [3.05, 3.63) is 81.5 Å². The van der Waals surface area contributed by atoms with Gasteiger partial charge in [-0.25, -0.2) is 0 Å². The lowest BCUT2D eigenvalue weighted by molar-refractivity contribution is -0.384. The molecule has 3 rings (SSSR count). The molecule has 1 aliphatic rings. The summed E-state index contributed by atoms with van der Waals surface area (Å²) in [7, 11) is 0. The van der Waals surface area contributed by atoms with E-state index in [1.807, 2.05) is 30.3 Å². The third-order valence-electron chi connectivity index (χ3n) is 3.96. The van der Waals surface area contributed by atoms with Crippen molar-refractivity contribution in [1.82, 2.24) is 10.6 Å². The van der Waals surface area contributed by atoms with E-state index in [4.69, 9.17) is 12.2 Å². The highest BCUT2D eigenvalue weighted by molar-refractivity contribution is 7.80. The quantitative estimate of drug-likeness (QED) is 0.436. The molecule has 7 nitrogen and oxygen atoms in total. The first-order chi connectivity index (χ1) is 12.5. The number of rotatable bonds is 4. The molecule has 2 aromatic carbocycles. The summed E-state index contributed by atoms with van der Waals surface area (Å²) in [6, 6.07) is 14.9. The van der Waals surface area contributed by atoms with Gasteiger partial charge in [-0.05, 0) is 30.8 Å². The zero-order valence-electron chi connectivity index (χ0n) is 13.9. The summed E-state index contributed by atoms with van der Waals surface area (Å²) >= 11 is 5.21. The Bertz CT molecular complexity index is 912. The predicted octanol–water partition coefficient (Wildman–Crippen LogP) is 3.03. The summed E-state index contributed by atoms with van der Waals surface area (Å²) in [5.41, 5.74) is 2.25. The van der Waals surface area contributed by atoms with Gasteiger partial charge in [0.15, 0.2) is 5.11 Å². The number of carbonyl (C=O) groups excluding carboxylic acids is 1. The van der Waals surface area contributed by atoms with Crippen LogP contribution in [0.3, 0.4) is 0 Å². The molecule has 26 heavy (non-hydrogen) atoms. The normalized spacial score (nSPS) is 16.5. The Morgan fingerprint density at radius 1 is 1.19 bits per heavy atom. The van der Waals surface area contributed by atoms with Crippen molar-refractivity contribution >= 4 is 34.6 Å². The molecule has 1 aliphatic heterocycles. The number of nitrogens with zero attached hydrogens (tertiary/aromatic N) is 1. The fraction of sp³-hybridized carbons (Fsp3) is 0.111. The first kappa shape index (κ1) is 17.6. The third-order valence-corrected chi connectivity index (χ3v) is 4.18. The summed E-state index contributed by atoms with van der Waals surface area (Å²) in [6.07, 6.45) is 0. The van der Waals surface area contributed by atoms with E-state index >= 15 is 0 Å². The highest BCUT2D eigenvalue weighted by Crippen LogP contribution is 2.28. The molecule has 0 spiro atoms. The van der Waals surface area contributed by atoms with Gasteiger partial charge in [0, 0.05) is 23.5 Å². The number of non-ortho nitro benzene ring substituents is 1. The van der Waals surface area contributed by atoms with Gasteiger partial charge in [-0.2, -0.15) is 0 Å². The molecule has 0 bridgehead atoms. The van der Waals surface area contributed by atoms with Gasteiger partial charge in [0.2, 0.25) is 0 Å². The molecule has 132 valence electrons. The van der Waals surface area contributed by atoms with Crippen LogP contribution in [0.1, 0.15) is 18.5 Å². The molecule has 0 aliphatic carbocycles. The lowest BCUT2D eigenvalue weighted by atomic mass is 9.95. The number of nitro groups is 1. The van der Waals surface area contributed by atoms with Gasteiger partial charge >= 0.3 is 0 Å². The molecule has 0 fully saturated rings.